The second-order valence-electron chi connectivity index (χ2n) is 8.85. The van der Waals surface area contributed by atoms with Crippen molar-refractivity contribution < 1.29 is 28.7 Å². The van der Waals surface area contributed by atoms with Crippen LogP contribution in [-0.4, -0.2) is 30.3 Å². The SMILES string of the molecule is C=CC[Si](CC=C)(Oc1ccc(C(=O)c2ccccc2)c(O)c1)Oc1ccc(C(=O)c2ccccc2)c(O)c1. The summed E-state index contributed by atoms with van der Waals surface area (Å²) in [6, 6.07) is 27.1. The first-order valence-electron chi connectivity index (χ1n) is 12.3. The molecular weight excluding hydrogens is 508 g/mol. The average Bonchev–Trinajstić information content (AvgIpc) is 2.94. The Morgan fingerprint density at radius 2 is 1.03 bits per heavy atom. The Morgan fingerprint density at radius 3 is 1.36 bits per heavy atom. The third-order valence-corrected chi connectivity index (χ3v) is 9.05. The molecule has 0 saturated carbocycles. The van der Waals surface area contributed by atoms with Crippen LogP contribution in [0.5, 0.6) is 23.0 Å². The number of carbonyl (C=O) groups excluding carboxylic acids is 2. The molecule has 0 aliphatic carbocycles. The van der Waals surface area contributed by atoms with Gasteiger partial charge in [0.05, 0.1) is 11.1 Å². The van der Waals surface area contributed by atoms with Crippen molar-refractivity contribution in [3.05, 3.63) is 145 Å². The molecule has 0 unspecified atom stereocenters. The number of aromatic hydroxyl groups is 2. The summed E-state index contributed by atoms with van der Waals surface area (Å²) in [6.07, 6.45) is 3.35. The van der Waals surface area contributed by atoms with Crippen molar-refractivity contribution in [2.75, 3.05) is 0 Å². The summed E-state index contributed by atoms with van der Waals surface area (Å²) in [5.74, 6) is -0.430. The van der Waals surface area contributed by atoms with Crippen LogP contribution in [0.15, 0.2) is 122 Å². The maximum absolute atomic E-state index is 12.8. The highest BCUT2D eigenvalue weighted by Crippen LogP contribution is 2.33. The molecule has 0 radical (unpaired) electrons. The fourth-order valence-electron chi connectivity index (χ4n) is 4.16. The maximum atomic E-state index is 12.8. The van der Waals surface area contributed by atoms with Gasteiger partial charge in [0.25, 0.3) is 0 Å². The highest BCUT2D eigenvalue weighted by Gasteiger charge is 2.40. The van der Waals surface area contributed by atoms with Gasteiger partial charge < -0.3 is 19.1 Å². The van der Waals surface area contributed by atoms with Crippen molar-refractivity contribution in [1.29, 1.82) is 0 Å². The van der Waals surface area contributed by atoms with Crippen molar-refractivity contribution in [3.63, 3.8) is 0 Å². The van der Waals surface area contributed by atoms with Crippen molar-refractivity contribution in [1.82, 2.24) is 0 Å². The van der Waals surface area contributed by atoms with E-state index in [0.29, 0.717) is 34.7 Å². The fraction of sp³-hybridized carbons (Fsp3) is 0.0625. The molecule has 4 aromatic rings. The molecule has 0 aliphatic heterocycles. The molecule has 0 spiro atoms. The Balaban J connectivity index is 1.60. The lowest BCUT2D eigenvalue weighted by Crippen LogP contribution is -2.47. The number of phenols is 2. The Kier molecular flexibility index (Phi) is 8.43. The van der Waals surface area contributed by atoms with E-state index < -0.39 is 8.56 Å². The zero-order valence-electron chi connectivity index (χ0n) is 21.2. The number of hydrogen-bond acceptors (Lipinski definition) is 6. The average molecular weight is 537 g/mol. The van der Waals surface area contributed by atoms with Crippen molar-refractivity contribution in [2.24, 2.45) is 0 Å². The first kappa shape index (κ1) is 27.2. The number of phenolic OH excluding ortho intramolecular Hbond substituents is 2. The van der Waals surface area contributed by atoms with Crippen LogP contribution in [0.3, 0.4) is 0 Å². The molecule has 0 amide bonds. The van der Waals surface area contributed by atoms with Crippen molar-refractivity contribution in [3.8, 4) is 23.0 Å². The van der Waals surface area contributed by atoms with Crippen LogP contribution in [0.4, 0.5) is 0 Å². The number of allylic oxidation sites excluding steroid dienone is 2. The van der Waals surface area contributed by atoms with Gasteiger partial charge in [-0.1, -0.05) is 72.8 Å². The smallest absolute Gasteiger partial charge is 0.468 e. The lowest BCUT2D eigenvalue weighted by atomic mass is 10.0. The van der Waals surface area contributed by atoms with Gasteiger partial charge in [0, 0.05) is 35.3 Å². The molecule has 0 atom stereocenters. The topological polar surface area (TPSA) is 93.1 Å². The second-order valence-corrected chi connectivity index (χ2v) is 11.9. The molecule has 6 nitrogen and oxygen atoms in total. The summed E-state index contributed by atoms with van der Waals surface area (Å²) in [6.45, 7) is 7.68. The minimum absolute atomic E-state index is 0.151. The molecule has 0 bridgehead atoms. The van der Waals surface area contributed by atoms with Gasteiger partial charge in [-0.15, -0.1) is 13.2 Å². The zero-order chi connectivity index (χ0) is 27.8. The first-order valence-corrected chi connectivity index (χ1v) is 14.5. The monoisotopic (exact) mass is 536 g/mol. The number of hydrogen-bond donors (Lipinski definition) is 2. The molecule has 0 aromatic heterocycles. The van der Waals surface area contributed by atoms with Gasteiger partial charge in [-0.25, -0.2) is 0 Å². The zero-order valence-corrected chi connectivity index (χ0v) is 22.2. The van der Waals surface area contributed by atoms with E-state index in [0.717, 1.165) is 0 Å². The summed E-state index contributed by atoms with van der Waals surface area (Å²) in [7, 11) is -3.17. The molecule has 2 N–H and O–H groups in total. The van der Waals surface area contributed by atoms with E-state index in [1.54, 1.807) is 72.8 Å². The minimum Gasteiger partial charge on any atom is -0.511 e. The number of benzene rings is 4. The van der Waals surface area contributed by atoms with Gasteiger partial charge >= 0.3 is 8.56 Å². The Morgan fingerprint density at radius 1 is 0.641 bits per heavy atom. The molecule has 0 saturated heterocycles. The van der Waals surface area contributed by atoms with E-state index in [1.165, 1.54) is 24.3 Å². The van der Waals surface area contributed by atoms with Gasteiger partial charge in [-0.2, -0.15) is 0 Å². The normalized spacial score (nSPS) is 10.9. The van der Waals surface area contributed by atoms with Crippen molar-refractivity contribution >= 4 is 20.1 Å². The van der Waals surface area contributed by atoms with Crippen LogP contribution in [0.2, 0.25) is 12.1 Å². The summed E-state index contributed by atoms with van der Waals surface area (Å²) in [5, 5.41) is 21.3. The standard InChI is InChI=1S/C32H28O6Si/c1-3-19-39(20-4-2,37-25-15-17-27(29(33)21-25)31(35)23-11-7-5-8-12-23)38-26-16-18-28(30(34)22-26)32(36)24-13-9-6-10-14-24/h3-18,21-22,33-34H,1-2,19-20H2. The molecule has 0 aliphatic rings. The van der Waals surface area contributed by atoms with E-state index in [1.807, 2.05) is 12.1 Å². The number of rotatable bonds is 12. The highest BCUT2D eigenvalue weighted by molar-refractivity contribution is 6.69. The third-order valence-electron chi connectivity index (χ3n) is 6.02. The minimum atomic E-state index is -3.17. The summed E-state index contributed by atoms with van der Waals surface area (Å²) < 4.78 is 12.7. The molecule has 4 rings (SSSR count). The first-order chi connectivity index (χ1) is 18.9. The predicted octanol–water partition coefficient (Wildman–Crippen LogP) is 6.83. The fourth-order valence-corrected chi connectivity index (χ4v) is 6.70. The van der Waals surface area contributed by atoms with Gasteiger partial charge in [0.1, 0.15) is 23.0 Å². The van der Waals surface area contributed by atoms with Crippen molar-refractivity contribution in [2.45, 2.75) is 12.1 Å². The summed E-state index contributed by atoms with van der Waals surface area (Å²) >= 11 is 0. The molecule has 4 aromatic carbocycles. The molecule has 7 heteroatoms. The quantitative estimate of drug-likeness (QED) is 0.117. The summed E-state index contributed by atoms with van der Waals surface area (Å²) in [4.78, 5) is 25.6. The van der Waals surface area contributed by atoms with Gasteiger partial charge in [-0.3, -0.25) is 9.59 Å². The van der Waals surface area contributed by atoms with Gasteiger partial charge in [0.15, 0.2) is 11.6 Å². The predicted molar refractivity (Wildman–Crippen MR) is 153 cm³/mol. The van der Waals surface area contributed by atoms with E-state index in [2.05, 4.69) is 13.2 Å². The van der Waals surface area contributed by atoms with Crippen LogP contribution < -0.4 is 8.85 Å². The van der Waals surface area contributed by atoms with Gasteiger partial charge in [0.2, 0.25) is 0 Å². The number of ketones is 2. The van der Waals surface area contributed by atoms with Crippen LogP contribution >= 0.6 is 0 Å². The highest BCUT2D eigenvalue weighted by atomic mass is 28.4. The summed E-state index contributed by atoms with van der Waals surface area (Å²) in [5.41, 5.74) is 1.22. The Labute approximate surface area is 228 Å². The van der Waals surface area contributed by atoms with E-state index in [9.17, 15) is 19.8 Å². The second kappa shape index (κ2) is 12.1. The third kappa shape index (κ3) is 6.34. The maximum Gasteiger partial charge on any atom is 0.468 e. The van der Waals surface area contributed by atoms with Crippen LogP contribution in [0.1, 0.15) is 31.8 Å². The van der Waals surface area contributed by atoms with Crippen LogP contribution in [-0.2, 0) is 0 Å². The van der Waals surface area contributed by atoms with Crippen LogP contribution in [0, 0.1) is 0 Å². The molecule has 0 fully saturated rings. The number of carbonyl (C=O) groups is 2. The molecular formula is C32H28O6Si. The van der Waals surface area contributed by atoms with Gasteiger partial charge in [-0.05, 0) is 24.3 Å². The lowest BCUT2D eigenvalue weighted by molar-refractivity contribution is 0.102. The Hall–Kier alpha value is -4.88. The molecule has 39 heavy (non-hydrogen) atoms. The largest absolute Gasteiger partial charge is 0.511 e. The lowest BCUT2D eigenvalue weighted by Gasteiger charge is -2.30. The van der Waals surface area contributed by atoms with E-state index in [4.69, 9.17) is 8.85 Å². The van der Waals surface area contributed by atoms with E-state index in [-0.39, 0.29) is 34.2 Å². The van der Waals surface area contributed by atoms with Crippen LogP contribution in [0.25, 0.3) is 0 Å². The van der Waals surface area contributed by atoms with E-state index >= 15 is 0 Å². The Bertz CT molecular complexity index is 1380. The molecule has 0 heterocycles. The molecule has 196 valence electrons.